The summed E-state index contributed by atoms with van der Waals surface area (Å²) in [5.74, 6) is 1.03. The van der Waals surface area contributed by atoms with E-state index >= 15 is 0 Å². The fraction of sp³-hybridized carbons (Fsp3) is 0.682. The van der Waals surface area contributed by atoms with Crippen LogP contribution in [0.4, 0.5) is 0 Å². The summed E-state index contributed by atoms with van der Waals surface area (Å²) in [4.78, 5) is 9.81. The quantitative estimate of drug-likeness (QED) is 0.211. The molecule has 0 aromatic heterocycles. The monoisotopic (exact) mass is 518 g/mol. The first-order valence-corrected chi connectivity index (χ1v) is 10.7. The van der Waals surface area contributed by atoms with Gasteiger partial charge in [0.2, 0.25) is 0 Å². The fourth-order valence-electron chi connectivity index (χ4n) is 3.65. The summed E-state index contributed by atoms with van der Waals surface area (Å²) in [7, 11) is 1.69. The smallest absolute Gasteiger partial charge is 0.194 e. The van der Waals surface area contributed by atoms with Crippen molar-refractivity contribution in [1.82, 2.24) is 15.1 Å². The molecule has 1 atom stereocenters. The van der Waals surface area contributed by atoms with Crippen molar-refractivity contribution in [2.45, 2.75) is 32.7 Å². The normalized spacial score (nSPS) is 16.4. The molecule has 1 N–H and O–H groups in total. The Morgan fingerprint density at radius 1 is 1.07 bits per heavy atom. The van der Waals surface area contributed by atoms with Crippen LogP contribution in [0, 0.1) is 0 Å². The molecule has 7 heteroatoms. The average molecular weight is 518 g/mol. The van der Waals surface area contributed by atoms with Crippen LogP contribution >= 0.6 is 24.0 Å². The topological polar surface area (TPSA) is 49.3 Å². The zero-order valence-electron chi connectivity index (χ0n) is 18.3. The van der Waals surface area contributed by atoms with Gasteiger partial charge in [-0.15, -0.1) is 24.0 Å². The first-order valence-electron chi connectivity index (χ1n) is 10.7. The molecule has 166 valence electrons. The molecule has 1 aliphatic rings. The van der Waals surface area contributed by atoms with Crippen LogP contribution < -0.4 is 5.32 Å². The van der Waals surface area contributed by atoms with Gasteiger partial charge in [-0.3, -0.25) is 9.89 Å². The Balaban J connectivity index is 0.00000420. The zero-order chi connectivity index (χ0) is 20.0. The van der Waals surface area contributed by atoms with Crippen molar-refractivity contribution in [1.29, 1.82) is 0 Å². The second-order valence-electron chi connectivity index (χ2n) is 7.05. The number of ether oxygens (including phenoxy) is 2. The van der Waals surface area contributed by atoms with Crippen molar-refractivity contribution in [2.24, 2.45) is 4.99 Å². The molecule has 1 unspecified atom stereocenters. The second kappa shape index (κ2) is 15.9. The van der Waals surface area contributed by atoms with Gasteiger partial charge in [-0.1, -0.05) is 37.3 Å². The molecule has 6 nitrogen and oxygen atoms in total. The van der Waals surface area contributed by atoms with Gasteiger partial charge in [0.1, 0.15) is 0 Å². The lowest BCUT2D eigenvalue weighted by Crippen LogP contribution is -2.53. The number of guanidine groups is 1. The van der Waals surface area contributed by atoms with Crippen molar-refractivity contribution >= 4 is 29.9 Å². The number of methoxy groups -OCH3 is 1. The number of benzene rings is 1. The van der Waals surface area contributed by atoms with Gasteiger partial charge in [-0.05, 0) is 25.3 Å². The molecule has 2 rings (SSSR count). The molecule has 0 amide bonds. The van der Waals surface area contributed by atoms with E-state index in [1.807, 2.05) is 0 Å². The van der Waals surface area contributed by atoms with Crippen molar-refractivity contribution in [3.63, 3.8) is 0 Å². The molecule has 29 heavy (non-hydrogen) atoms. The highest BCUT2D eigenvalue weighted by atomic mass is 127. The van der Waals surface area contributed by atoms with E-state index in [0.717, 1.165) is 64.7 Å². The molecule has 1 heterocycles. The average Bonchev–Trinajstić information content (AvgIpc) is 2.74. The van der Waals surface area contributed by atoms with Crippen LogP contribution in [-0.4, -0.2) is 82.0 Å². The Kier molecular flexibility index (Phi) is 14.3. The summed E-state index contributed by atoms with van der Waals surface area (Å²) in [5, 5.41) is 3.45. The standard InChI is InChI=1S/C22H38N4O2.HI/c1-4-21(20-10-7-6-8-11-20)25-13-15-26(16-14-25)22(23-5-2)24-12-9-17-28-19-18-27-3;/h6-8,10-11,21H,4-5,9,12-19H2,1-3H3,(H,23,24);1H. The maximum atomic E-state index is 5.52. The summed E-state index contributed by atoms with van der Waals surface area (Å²) >= 11 is 0. The minimum Gasteiger partial charge on any atom is -0.382 e. The largest absolute Gasteiger partial charge is 0.382 e. The van der Waals surface area contributed by atoms with Gasteiger partial charge in [0, 0.05) is 59.0 Å². The third kappa shape index (κ3) is 9.19. The number of piperazine rings is 1. The highest BCUT2D eigenvalue weighted by molar-refractivity contribution is 14.0. The number of hydrogen-bond donors (Lipinski definition) is 1. The Morgan fingerprint density at radius 2 is 1.79 bits per heavy atom. The van der Waals surface area contributed by atoms with E-state index in [4.69, 9.17) is 14.5 Å². The third-order valence-corrected chi connectivity index (χ3v) is 5.10. The molecule has 1 aromatic carbocycles. The van der Waals surface area contributed by atoms with E-state index in [9.17, 15) is 0 Å². The van der Waals surface area contributed by atoms with Crippen molar-refractivity contribution < 1.29 is 9.47 Å². The van der Waals surface area contributed by atoms with Crippen LogP contribution in [0.25, 0.3) is 0 Å². The van der Waals surface area contributed by atoms with E-state index in [-0.39, 0.29) is 24.0 Å². The molecule has 1 fully saturated rings. The molecule has 0 spiro atoms. The number of rotatable bonds is 11. The maximum Gasteiger partial charge on any atom is 0.194 e. The minimum atomic E-state index is 0. The summed E-state index contributed by atoms with van der Waals surface area (Å²) in [6.07, 6.45) is 2.08. The van der Waals surface area contributed by atoms with Crippen LogP contribution in [0.3, 0.4) is 0 Å². The minimum absolute atomic E-state index is 0. The van der Waals surface area contributed by atoms with E-state index in [0.29, 0.717) is 19.3 Å². The molecule has 0 bridgehead atoms. The SMILES string of the molecule is CCNC(=NCCCOCCOC)N1CCN(C(CC)c2ccccc2)CC1.I. The lowest BCUT2D eigenvalue weighted by atomic mass is 10.0. The van der Waals surface area contributed by atoms with Gasteiger partial charge in [-0.2, -0.15) is 0 Å². The van der Waals surface area contributed by atoms with Crippen LogP contribution in [0.1, 0.15) is 38.3 Å². The molecule has 0 saturated carbocycles. The predicted octanol–water partition coefficient (Wildman–Crippen LogP) is 3.39. The predicted molar refractivity (Wildman–Crippen MR) is 131 cm³/mol. The van der Waals surface area contributed by atoms with Crippen LogP contribution in [0.2, 0.25) is 0 Å². The number of nitrogens with one attached hydrogen (secondary N) is 1. The fourth-order valence-corrected chi connectivity index (χ4v) is 3.65. The van der Waals surface area contributed by atoms with Crippen LogP contribution in [0.15, 0.2) is 35.3 Å². The summed E-state index contributed by atoms with van der Waals surface area (Å²) in [6, 6.07) is 11.4. The summed E-state index contributed by atoms with van der Waals surface area (Å²) in [6.45, 7) is 12.3. The third-order valence-electron chi connectivity index (χ3n) is 5.10. The van der Waals surface area contributed by atoms with E-state index < -0.39 is 0 Å². The highest BCUT2D eigenvalue weighted by Gasteiger charge is 2.25. The first kappa shape index (κ1) is 26.1. The Bertz CT molecular complexity index is 551. The molecular weight excluding hydrogens is 479 g/mol. The van der Waals surface area contributed by atoms with Crippen LogP contribution in [0.5, 0.6) is 0 Å². The van der Waals surface area contributed by atoms with Crippen molar-refractivity contribution in [3.05, 3.63) is 35.9 Å². The number of halogens is 1. The highest BCUT2D eigenvalue weighted by Crippen LogP contribution is 2.25. The van der Waals surface area contributed by atoms with Gasteiger partial charge >= 0.3 is 0 Å². The van der Waals surface area contributed by atoms with Gasteiger partial charge in [0.25, 0.3) is 0 Å². The van der Waals surface area contributed by atoms with Crippen LogP contribution in [-0.2, 0) is 9.47 Å². The second-order valence-corrected chi connectivity index (χ2v) is 7.05. The van der Waals surface area contributed by atoms with Crippen molar-refractivity contribution in [3.8, 4) is 0 Å². The molecule has 0 aliphatic carbocycles. The van der Waals surface area contributed by atoms with Crippen molar-refractivity contribution in [2.75, 3.05) is 66.2 Å². The van der Waals surface area contributed by atoms with Gasteiger partial charge in [0.15, 0.2) is 5.96 Å². The molecular formula is C22H39IN4O2. The Hall–Kier alpha value is -0.900. The summed E-state index contributed by atoms with van der Waals surface area (Å²) in [5.41, 5.74) is 1.42. The number of aliphatic imine (C=N–C) groups is 1. The van der Waals surface area contributed by atoms with E-state index in [2.05, 4.69) is 59.3 Å². The lowest BCUT2D eigenvalue weighted by molar-refractivity contribution is 0.0702. The summed E-state index contributed by atoms with van der Waals surface area (Å²) < 4.78 is 10.5. The number of hydrogen-bond acceptors (Lipinski definition) is 4. The van der Waals surface area contributed by atoms with E-state index in [1.54, 1.807) is 7.11 Å². The molecule has 1 saturated heterocycles. The molecule has 0 radical (unpaired) electrons. The Labute approximate surface area is 194 Å². The van der Waals surface area contributed by atoms with E-state index in [1.165, 1.54) is 5.56 Å². The molecule has 1 aromatic rings. The number of nitrogens with zero attached hydrogens (tertiary/aromatic N) is 3. The van der Waals surface area contributed by atoms with Gasteiger partial charge < -0.3 is 19.7 Å². The molecule has 1 aliphatic heterocycles. The maximum absolute atomic E-state index is 5.52. The Morgan fingerprint density at radius 3 is 2.41 bits per heavy atom. The lowest BCUT2D eigenvalue weighted by Gasteiger charge is -2.40. The van der Waals surface area contributed by atoms with Gasteiger partial charge in [0.05, 0.1) is 13.2 Å². The zero-order valence-corrected chi connectivity index (χ0v) is 20.6. The first-order chi connectivity index (χ1) is 13.8. The van der Waals surface area contributed by atoms with Gasteiger partial charge in [-0.25, -0.2) is 0 Å².